The first-order valence-corrected chi connectivity index (χ1v) is 11.5. The molecule has 8 nitrogen and oxygen atoms in total. The SMILES string of the molecule is Cc1cc(NCC2CCCCN2CCn2nc3c(cc2=O)CCC3)n2nc(C)cc2n1. The number of likely N-dealkylation sites (tertiary alicyclic amines) is 1. The van der Waals surface area contributed by atoms with Crippen LogP contribution in [0.3, 0.4) is 0 Å². The monoisotopic (exact) mass is 421 g/mol. The van der Waals surface area contributed by atoms with E-state index in [1.165, 1.54) is 12.8 Å². The van der Waals surface area contributed by atoms with Gasteiger partial charge in [0, 0.05) is 43.0 Å². The lowest BCUT2D eigenvalue weighted by atomic mass is 10.0. The Balaban J connectivity index is 1.27. The van der Waals surface area contributed by atoms with Crippen LogP contribution in [0.25, 0.3) is 5.65 Å². The van der Waals surface area contributed by atoms with Gasteiger partial charge in [0.2, 0.25) is 0 Å². The molecule has 0 amide bonds. The standard InChI is InChI=1S/C23H31N7O/c1-16-12-21(30-22(25-16)13-17(2)26-30)24-15-19-7-3-4-9-28(19)10-11-29-23(31)14-18-6-5-8-20(18)27-29/h12-14,19,24H,3-11,15H2,1-2H3. The van der Waals surface area contributed by atoms with Crippen molar-refractivity contribution in [1.82, 2.24) is 29.3 Å². The number of nitrogens with zero attached hydrogens (tertiary/aromatic N) is 6. The predicted molar refractivity (Wildman–Crippen MR) is 121 cm³/mol. The summed E-state index contributed by atoms with van der Waals surface area (Å²) in [4.78, 5) is 19.5. The predicted octanol–water partition coefficient (Wildman–Crippen LogP) is 2.36. The van der Waals surface area contributed by atoms with Gasteiger partial charge in [0.15, 0.2) is 5.65 Å². The number of aryl methyl sites for hydroxylation is 4. The molecule has 0 spiro atoms. The lowest BCUT2D eigenvalue weighted by Gasteiger charge is -2.36. The van der Waals surface area contributed by atoms with Gasteiger partial charge in [-0.05, 0) is 58.1 Å². The van der Waals surface area contributed by atoms with Crippen molar-refractivity contribution in [1.29, 1.82) is 0 Å². The molecule has 1 unspecified atom stereocenters. The number of anilines is 1. The van der Waals surface area contributed by atoms with Crippen LogP contribution in [0.1, 0.15) is 48.3 Å². The summed E-state index contributed by atoms with van der Waals surface area (Å²) in [5.41, 5.74) is 5.13. The van der Waals surface area contributed by atoms with Crippen LogP contribution in [0.4, 0.5) is 5.82 Å². The van der Waals surface area contributed by atoms with Crippen molar-refractivity contribution in [2.75, 3.05) is 25.0 Å². The molecule has 8 heteroatoms. The van der Waals surface area contributed by atoms with E-state index in [0.717, 1.165) is 79.4 Å². The molecular formula is C23H31N7O. The Morgan fingerprint density at radius 2 is 1.94 bits per heavy atom. The summed E-state index contributed by atoms with van der Waals surface area (Å²) in [7, 11) is 0. The van der Waals surface area contributed by atoms with E-state index in [1.54, 1.807) is 10.7 Å². The summed E-state index contributed by atoms with van der Waals surface area (Å²) in [6.45, 7) is 7.43. The summed E-state index contributed by atoms with van der Waals surface area (Å²) < 4.78 is 3.56. The molecule has 2 aliphatic rings. The summed E-state index contributed by atoms with van der Waals surface area (Å²) in [6.07, 6.45) is 6.72. The van der Waals surface area contributed by atoms with Crippen molar-refractivity contribution in [2.24, 2.45) is 0 Å². The molecule has 3 aromatic heterocycles. The smallest absolute Gasteiger partial charge is 0.267 e. The number of aromatic nitrogens is 5. The second-order valence-electron chi connectivity index (χ2n) is 8.94. The van der Waals surface area contributed by atoms with Crippen molar-refractivity contribution < 1.29 is 0 Å². The summed E-state index contributed by atoms with van der Waals surface area (Å²) in [5.74, 6) is 0.984. The maximum absolute atomic E-state index is 12.5. The molecule has 4 heterocycles. The molecule has 0 bridgehead atoms. The molecular weight excluding hydrogens is 390 g/mol. The molecule has 1 aliphatic heterocycles. The van der Waals surface area contributed by atoms with Crippen LogP contribution >= 0.6 is 0 Å². The van der Waals surface area contributed by atoms with Gasteiger partial charge in [0.05, 0.1) is 17.9 Å². The molecule has 31 heavy (non-hydrogen) atoms. The number of piperidine rings is 1. The largest absolute Gasteiger partial charge is 0.368 e. The lowest BCUT2D eigenvalue weighted by Crippen LogP contribution is -2.45. The van der Waals surface area contributed by atoms with E-state index in [0.29, 0.717) is 12.6 Å². The Kier molecular flexibility index (Phi) is 5.48. The van der Waals surface area contributed by atoms with Crippen LogP contribution in [0, 0.1) is 13.8 Å². The third-order valence-electron chi connectivity index (χ3n) is 6.57. The molecule has 3 aromatic rings. The zero-order chi connectivity index (χ0) is 21.4. The number of fused-ring (bicyclic) bond motifs is 2. The molecule has 0 saturated carbocycles. The second kappa shape index (κ2) is 8.42. The fourth-order valence-corrected chi connectivity index (χ4v) is 4.97. The second-order valence-corrected chi connectivity index (χ2v) is 8.94. The number of nitrogens with one attached hydrogen (secondary N) is 1. The maximum atomic E-state index is 12.5. The van der Waals surface area contributed by atoms with E-state index in [-0.39, 0.29) is 5.56 Å². The van der Waals surface area contributed by atoms with Gasteiger partial charge in [-0.25, -0.2) is 9.67 Å². The number of hydrogen-bond acceptors (Lipinski definition) is 6. The first-order valence-electron chi connectivity index (χ1n) is 11.5. The summed E-state index contributed by atoms with van der Waals surface area (Å²) in [5, 5.41) is 12.8. The van der Waals surface area contributed by atoms with Gasteiger partial charge in [-0.2, -0.15) is 14.7 Å². The van der Waals surface area contributed by atoms with Crippen LogP contribution in [-0.4, -0.2) is 55.0 Å². The highest BCUT2D eigenvalue weighted by Gasteiger charge is 2.23. The summed E-state index contributed by atoms with van der Waals surface area (Å²) >= 11 is 0. The van der Waals surface area contributed by atoms with E-state index < -0.39 is 0 Å². The fraction of sp³-hybridized carbons (Fsp3) is 0.565. The maximum Gasteiger partial charge on any atom is 0.267 e. The van der Waals surface area contributed by atoms with Crippen LogP contribution in [-0.2, 0) is 19.4 Å². The molecule has 1 saturated heterocycles. The van der Waals surface area contributed by atoms with Gasteiger partial charge < -0.3 is 5.32 Å². The Morgan fingerprint density at radius 1 is 1.03 bits per heavy atom. The topological polar surface area (TPSA) is 80.4 Å². The normalized spacial score (nSPS) is 19.1. The minimum absolute atomic E-state index is 0.0380. The molecule has 0 radical (unpaired) electrons. The molecule has 1 N–H and O–H groups in total. The number of hydrogen-bond donors (Lipinski definition) is 1. The van der Waals surface area contributed by atoms with Crippen LogP contribution in [0.2, 0.25) is 0 Å². The first kappa shape index (κ1) is 20.2. The zero-order valence-corrected chi connectivity index (χ0v) is 18.5. The molecule has 5 rings (SSSR count). The highest BCUT2D eigenvalue weighted by molar-refractivity contribution is 5.50. The van der Waals surface area contributed by atoms with E-state index >= 15 is 0 Å². The quantitative estimate of drug-likeness (QED) is 0.658. The molecule has 0 aromatic carbocycles. The Labute approximate surface area is 182 Å². The first-order chi connectivity index (χ1) is 15.1. The third kappa shape index (κ3) is 4.21. The molecule has 1 aliphatic carbocycles. The van der Waals surface area contributed by atoms with Gasteiger partial charge in [0.25, 0.3) is 5.56 Å². The summed E-state index contributed by atoms with van der Waals surface area (Å²) in [6, 6.07) is 6.29. The van der Waals surface area contributed by atoms with Gasteiger partial charge in [-0.3, -0.25) is 9.69 Å². The van der Waals surface area contributed by atoms with E-state index in [1.807, 2.05) is 24.4 Å². The fourth-order valence-electron chi connectivity index (χ4n) is 4.97. The average molecular weight is 422 g/mol. The van der Waals surface area contributed by atoms with Gasteiger partial charge in [-0.1, -0.05) is 6.42 Å². The van der Waals surface area contributed by atoms with Crippen molar-refractivity contribution in [3.8, 4) is 0 Å². The van der Waals surface area contributed by atoms with Gasteiger partial charge in [0.1, 0.15) is 5.82 Å². The molecule has 164 valence electrons. The van der Waals surface area contributed by atoms with Crippen molar-refractivity contribution in [3.05, 3.63) is 51.2 Å². The zero-order valence-electron chi connectivity index (χ0n) is 18.5. The van der Waals surface area contributed by atoms with Crippen LogP contribution < -0.4 is 10.9 Å². The Morgan fingerprint density at radius 3 is 2.84 bits per heavy atom. The van der Waals surface area contributed by atoms with Gasteiger partial charge in [-0.15, -0.1) is 0 Å². The van der Waals surface area contributed by atoms with Crippen molar-refractivity contribution >= 4 is 11.5 Å². The highest BCUT2D eigenvalue weighted by Crippen LogP contribution is 2.20. The van der Waals surface area contributed by atoms with E-state index in [2.05, 4.69) is 31.5 Å². The Bertz CT molecular complexity index is 1150. The highest BCUT2D eigenvalue weighted by atomic mass is 16.1. The van der Waals surface area contributed by atoms with Gasteiger partial charge >= 0.3 is 0 Å². The molecule has 1 atom stereocenters. The Hall–Kier alpha value is -2.74. The van der Waals surface area contributed by atoms with E-state index in [9.17, 15) is 4.79 Å². The number of rotatable bonds is 6. The van der Waals surface area contributed by atoms with Crippen LogP contribution in [0.5, 0.6) is 0 Å². The lowest BCUT2D eigenvalue weighted by molar-refractivity contribution is 0.147. The van der Waals surface area contributed by atoms with Crippen LogP contribution in [0.15, 0.2) is 23.0 Å². The third-order valence-corrected chi connectivity index (χ3v) is 6.57. The minimum atomic E-state index is 0.0380. The minimum Gasteiger partial charge on any atom is -0.368 e. The van der Waals surface area contributed by atoms with E-state index in [4.69, 9.17) is 0 Å². The molecule has 1 fully saturated rings. The average Bonchev–Trinajstić information content (AvgIpc) is 3.35. The van der Waals surface area contributed by atoms with Crippen molar-refractivity contribution in [3.63, 3.8) is 0 Å². The van der Waals surface area contributed by atoms with Crippen molar-refractivity contribution in [2.45, 2.75) is 65.0 Å².